The van der Waals surface area contributed by atoms with Gasteiger partial charge in [0.1, 0.15) is 0 Å². The van der Waals surface area contributed by atoms with Crippen LogP contribution in [0.15, 0.2) is 64.4 Å². The molecule has 0 bridgehead atoms. The molecule has 1 atom stereocenters. The Morgan fingerprint density at radius 2 is 1.44 bits per heavy atom. The number of hydrogen-bond donors (Lipinski definition) is 0. The van der Waals surface area contributed by atoms with Crippen LogP contribution in [-0.2, 0) is 18.7 Å². The topological polar surface area (TPSA) is 51.2 Å². The minimum atomic E-state index is -3.84. The van der Waals surface area contributed by atoms with E-state index in [4.69, 9.17) is 0 Å². The molecule has 94 valence electrons. The molecule has 0 aliphatic heterocycles. The van der Waals surface area contributed by atoms with E-state index in [1.54, 1.807) is 42.5 Å². The van der Waals surface area contributed by atoms with Gasteiger partial charge in [0.15, 0.2) is 9.83 Å². The van der Waals surface area contributed by atoms with Crippen LogP contribution in [0.2, 0.25) is 0 Å². The molecular weight excluding hydrogens is 268 g/mol. The zero-order valence-electron chi connectivity index (χ0n) is 9.74. The van der Waals surface area contributed by atoms with Gasteiger partial charge in [-0.1, -0.05) is 35.9 Å². The summed E-state index contributed by atoms with van der Waals surface area (Å²) in [6.07, 6.45) is 0. The van der Waals surface area contributed by atoms with Crippen molar-refractivity contribution < 1.29 is 12.6 Å². The van der Waals surface area contributed by atoms with Crippen LogP contribution in [0.3, 0.4) is 0 Å². The van der Waals surface area contributed by atoms with Gasteiger partial charge in [0.2, 0.25) is 0 Å². The van der Waals surface area contributed by atoms with E-state index in [1.165, 1.54) is 12.1 Å². The second kappa shape index (κ2) is 5.04. The Bertz CT molecular complexity index is 659. The molecule has 0 spiro atoms. The van der Waals surface area contributed by atoms with Crippen molar-refractivity contribution in [1.29, 1.82) is 0 Å². The summed E-state index contributed by atoms with van der Waals surface area (Å²) < 4.78 is 36.4. The lowest BCUT2D eigenvalue weighted by Gasteiger charge is -2.04. The second-order valence-corrected chi connectivity index (χ2v) is 8.36. The highest BCUT2D eigenvalue weighted by molar-refractivity contribution is 8.64. The smallest absolute Gasteiger partial charge is 0.237 e. The summed E-state index contributed by atoms with van der Waals surface area (Å²) >= 11 is 0. The lowest BCUT2D eigenvalue weighted by Crippen LogP contribution is -2.09. The van der Waals surface area contributed by atoms with E-state index in [9.17, 15) is 12.6 Å². The molecule has 0 aliphatic carbocycles. The van der Waals surface area contributed by atoms with Gasteiger partial charge in [0.05, 0.1) is 9.79 Å². The highest BCUT2D eigenvalue weighted by Crippen LogP contribution is 2.20. The quantitative estimate of drug-likeness (QED) is 0.812. The third-order valence-electron chi connectivity index (χ3n) is 2.44. The molecule has 5 heteroatoms. The summed E-state index contributed by atoms with van der Waals surface area (Å²) in [4.78, 5) is 0.369. The maximum atomic E-state index is 12.1. The van der Waals surface area contributed by atoms with Gasteiger partial charge in [-0.05, 0) is 31.2 Å². The van der Waals surface area contributed by atoms with Gasteiger partial charge in [-0.3, -0.25) is 0 Å². The molecule has 3 nitrogen and oxygen atoms in total. The lowest BCUT2D eigenvalue weighted by molar-refractivity contribution is 0.605. The van der Waals surface area contributed by atoms with Gasteiger partial charge >= 0.3 is 0 Å². The van der Waals surface area contributed by atoms with E-state index in [1.807, 2.05) is 6.92 Å². The predicted molar refractivity (Wildman–Crippen MR) is 71.2 cm³/mol. The van der Waals surface area contributed by atoms with Crippen molar-refractivity contribution in [2.45, 2.75) is 16.7 Å². The van der Waals surface area contributed by atoms with E-state index < -0.39 is 18.7 Å². The molecule has 0 N–H and O–H groups in total. The largest absolute Gasteiger partial charge is 0.262 e. The summed E-state index contributed by atoms with van der Waals surface area (Å²) in [5.41, 5.74) is 0.958. The van der Waals surface area contributed by atoms with Crippen molar-refractivity contribution in [3.05, 3.63) is 60.2 Å². The SMILES string of the molecule is Cc1ccc(S(=O)(=O)S(=O)c2ccccc2)cc1. The van der Waals surface area contributed by atoms with Crippen LogP contribution in [0.4, 0.5) is 0 Å². The van der Waals surface area contributed by atoms with E-state index in [0.29, 0.717) is 0 Å². The van der Waals surface area contributed by atoms with Gasteiger partial charge in [0.25, 0.3) is 8.87 Å². The summed E-state index contributed by atoms with van der Waals surface area (Å²) in [7, 11) is -5.92. The van der Waals surface area contributed by atoms with Crippen LogP contribution < -0.4 is 0 Å². The Labute approximate surface area is 108 Å². The number of aryl methyl sites for hydroxylation is 1. The molecule has 18 heavy (non-hydrogen) atoms. The standard InChI is InChI=1S/C13H12O3S2/c1-11-7-9-13(10-8-11)18(15,16)17(14)12-5-3-2-4-6-12/h2-10H,1H3. The van der Waals surface area contributed by atoms with Crippen molar-refractivity contribution in [2.24, 2.45) is 0 Å². The lowest BCUT2D eigenvalue weighted by atomic mass is 10.2. The minimum absolute atomic E-state index is 0.0790. The van der Waals surface area contributed by atoms with Crippen molar-refractivity contribution >= 4 is 18.7 Å². The molecule has 0 aromatic heterocycles. The summed E-state index contributed by atoms with van der Waals surface area (Å²) in [5.74, 6) is 0. The molecule has 0 radical (unpaired) electrons. The number of benzene rings is 2. The predicted octanol–water partition coefficient (Wildman–Crippen LogP) is 2.49. The molecule has 1 unspecified atom stereocenters. The van der Waals surface area contributed by atoms with Gasteiger partial charge in [-0.2, -0.15) is 0 Å². The zero-order valence-corrected chi connectivity index (χ0v) is 11.4. The van der Waals surface area contributed by atoms with Crippen LogP contribution in [0.5, 0.6) is 0 Å². The minimum Gasteiger partial charge on any atom is -0.237 e. The normalized spacial score (nSPS) is 13.2. The Kier molecular flexibility index (Phi) is 3.63. The molecule has 2 aromatic carbocycles. The average molecular weight is 280 g/mol. The molecule has 2 rings (SSSR count). The first kappa shape index (κ1) is 13.0. The molecule has 0 fully saturated rings. The van der Waals surface area contributed by atoms with E-state index in [2.05, 4.69) is 0 Å². The fourth-order valence-corrected chi connectivity index (χ4v) is 4.68. The van der Waals surface area contributed by atoms with Crippen molar-refractivity contribution in [3.63, 3.8) is 0 Å². The van der Waals surface area contributed by atoms with E-state index in [-0.39, 0.29) is 9.79 Å². The second-order valence-electron chi connectivity index (χ2n) is 3.81. The first-order valence-corrected chi connectivity index (χ1v) is 8.46. The van der Waals surface area contributed by atoms with Crippen molar-refractivity contribution in [3.8, 4) is 0 Å². The Morgan fingerprint density at radius 1 is 0.889 bits per heavy atom. The van der Waals surface area contributed by atoms with Crippen LogP contribution in [0.1, 0.15) is 5.56 Å². The highest BCUT2D eigenvalue weighted by Gasteiger charge is 2.24. The molecule has 0 saturated heterocycles. The average Bonchev–Trinajstić information content (AvgIpc) is 2.39. The van der Waals surface area contributed by atoms with Crippen LogP contribution in [0, 0.1) is 6.92 Å². The maximum absolute atomic E-state index is 12.1. The van der Waals surface area contributed by atoms with Crippen LogP contribution in [0.25, 0.3) is 0 Å². The first-order chi connectivity index (χ1) is 8.51. The molecule has 2 aromatic rings. The molecular formula is C13H12O3S2. The third-order valence-corrected chi connectivity index (χ3v) is 6.70. The fraction of sp³-hybridized carbons (Fsp3) is 0.0769. The van der Waals surface area contributed by atoms with E-state index in [0.717, 1.165) is 5.56 Å². The molecule has 0 heterocycles. The summed E-state index contributed by atoms with van der Waals surface area (Å²) in [6, 6.07) is 14.5. The van der Waals surface area contributed by atoms with Gasteiger partial charge in [-0.15, -0.1) is 0 Å². The Balaban J connectivity index is 2.44. The number of rotatable bonds is 3. The molecule has 0 amide bonds. The monoisotopic (exact) mass is 280 g/mol. The maximum Gasteiger partial charge on any atom is 0.262 e. The van der Waals surface area contributed by atoms with Gasteiger partial charge < -0.3 is 0 Å². The highest BCUT2D eigenvalue weighted by atomic mass is 33.2. The molecule has 0 saturated carbocycles. The van der Waals surface area contributed by atoms with Gasteiger partial charge in [-0.25, -0.2) is 12.6 Å². The molecule has 0 aliphatic rings. The summed E-state index contributed by atoms with van der Waals surface area (Å²) in [6.45, 7) is 1.87. The first-order valence-electron chi connectivity index (χ1n) is 5.31. The zero-order chi connectivity index (χ0) is 13.2. The third kappa shape index (κ3) is 2.52. The summed E-state index contributed by atoms with van der Waals surface area (Å²) in [5, 5.41) is 0. The van der Waals surface area contributed by atoms with Crippen LogP contribution >= 0.6 is 0 Å². The van der Waals surface area contributed by atoms with Gasteiger partial charge in [0, 0.05) is 0 Å². The Hall–Kier alpha value is -1.46. The van der Waals surface area contributed by atoms with E-state index >= 15 is 0 Å². The van der Waals surface area contributed by atoms with Crippen LogP contribution in [-0.4, -0.2) is 12.6 Å². The van der Waals surface area contributed by atoms with Crippen molar-refractivity contribution in [1.82, 2.24) is 0 Å². The fourth-order valence-electron chi connectivity index (χ4n) is 1.45. The Morgan fingerprint density at radius 3 is 2.00 bits per heavy atom. The van der Waals surface area contributed by atoms with Crippen molar-refractivity contribution in [2.75, 3.05) is 0 Å². The number of hydrogen-bond acceptors (Lipinski definition) is 3.